The number of fused-ring (bicyclic) bond motifs is 1. The lowest BCUT2D eigenvalue weighted by atomic mass is 10.2. The van der Waals surface area contributed by atoms with Crippen LogP contribution in [0.15, 0.2) is 11.4 Å². The monoisotopic (exact) mass is 282 g/mol. The number of carbonyl (C=O) groups excluding carboxylic acids is 2. The first-order valence-corrected chi connectivity index (χ1v) is 7.23. The van der Waals surface area contributed by atoms with E-state index in [2.05, 4.69) is 0 Å². The van der Waals surface area contributed by atoms with Crippen LogP contribution in [0.2, 0.25) is 0 Å². The largest absolute Gasteiger partial charge is 0.456 e. The van der Waals surface area contributed by atoms with Crippen LogP contribution in [0, 0.1) is 0 Å². The van der Waals surface area contributed by atoms with Gasteiger partial charge in [-0.3, -0.25) is 4.79 Å². The zero-order valence-corrected chi connectivity index (χ0v) is 12.3. The van der Waals surface area contributed by atoms with Crippen LogP contribution >= 0.6 is 22.7 Å². The summed E-state index contributed by atoms with van der Waals surface area (Å²) >= 11 is 2.89. The Kier molecular flexibility index (Phi) is 3.29. The first-order chi connectivity index (χ1) is 8.28. The summed E-state index contributed by atoms with van der Waals surface area (Å²) in [7, 11) is 0. The van der Waals surface area contributed by atoms with E-state index in [4.69, 9.17) is 4.74 Å². The fourth-order valence-corrected chi connectivity index (χ4v) is 3.64. The molecule has 0 bridgehead atoms. The van der Waals surface area contributed by atoms with Gasteiger partial charge in [0.15, 0.2) is 5.78 Å². The van der Waals surface area contributed by atoms with Crippen LogP contribution in [0.25, 0.3) is 9.40 Å². The molecule has 0 fully saturated rings. The van der Waals surface area contributed by atoms with Crippen molar-refractivity contribution in [3.8, 4) is 0 Å². The molecule has 0 aliphatic carbocycles. The van der Waals surface area contributed by atoms with Crippen molar-refractivity contribution in [1.82, 2.24) is 0 Å². The normalized spacial score (nSPS) is 11.8. The molecule has 2 heterocycles. The van der Waals surface area contributed by atoms with Crippen molar-refractivity contribution in [2.24, 2.45) is 0 Å². The summed E-state index contributed by atoms with van der Waals surface area (Å²) in [5.74, 6) is -0.305. The maximum Gasteiger partial charge on any atom is 0.340 e. The Balaban J connectivity index is 2.39. The van der Waals surface area contributed by atoms with Crippen LogP contribution in [0.3, 0.4) is 0 Å². The molecule has 2 rings (SSSR count). The first-order valence-electron chi connectivity index (χ1n) is 5.53. The Bertz CT molecular complexity index is 614. The van der Waals surface area contributed by atoms with Crippen molar-refractivity contribution in [3.05, 3.63) is 21.9 Å². The van der Waals surface area contributed by atoms with Crippen LogP contribution in [-0.4, -0.2) is 17.4 Å². The van der Waals surface area contributed by atoms with Gasteiger partial charge < -0.3 is 4.74 Å². The Labute approximate surface area is 113 Å². The van der Waals surface area contributed by atoms with Crippen LogP contribution in [0.4, 0.5) is 0 Å². The highest BCUT2D eigenvalue weighted by molar-refractivity contribution is 7.38. The molecule has 0 amide bonds. The highest BCUT2D eigenvalue weighted by Gasteiger charge is 2.22. The number of esters is 1. The van der Waals surface area contributed by atoms with Crippen LogP contribution in [-0.2, 0) is 4.74 Å². The SMILES string of the molecule is CC(=O)c1cc2c(C(=O)OC(C)(C)C)csc2s1. The number of thiophene rings is 2. The van der Waals surface area contributed by atoms with Crippen molar-refractivity contribution in [2.45, 2.75) is 33.3 Å². The Morgan fingerprint density at radius 2 is 1.94 bits per heavy atom. The summed E-state index contributed by atoms with van der Waals surface area (Å²) in [6.07, 6.45) is 0. The molecule has 0 aromatic carbocycles. The molecule has 0 atom stereocenters. The molecule has 2 aromatic heterocycles. The molecule has 0 saturated heterocycles. The van der Waals surface area contributed by atoms with E-state index < -0.39 is 5.60 Å². The summed E-state index contributed by atoms with van der Waals surface area (Å²) < 4.78 is 6.33. The van der Waals surface area contributed by atoms with Crippen LogP contribution in [0.1, 0.15) is 47.7 Å². The lowest BCUT2D eigenvalue weighted by Crippen LogP contribution is -2.23. The third kappa shape index (κ3) is 2.62. The van der Waals surface area contributed by atoms with Crippen LogP contribution < -0.4 is 0 Å². The van der Waals surface area contributed by atoms with Crippen molar-refractivity contribution in [1.29, 1.82) is 0 Å². The molecule has 0 aliphatic heterocycles. The summed E-state index contributed by atoms with van der Waals surface area (Å²) in [6, 6.07) is 1.78. The highest BCUT2D eigenvalue weighted by Crippen LogP contribution is 2.35. The zero-order chi connectivity index (χ0) is 13.5. The molecule has 18 heavy (non-hydrogen) atoms. The highest BCUT2D eigenvalue weighted by atomic mass is 32.2. The lowest BCUT2D eigenvalue weighted by Gasteiger charge is -2.19. The van der Waals surface area contributed by atoms with E-state index in [-0.39, 0.29) is 11.8 Å². The average molecular weight is 282 g/mol. The molecule has 0 aliphatic rings. The number of ether oxygens (including phenoxy) is 1. The second-order valence-electron chi connectivity index (χ2n) is 5.02. The van der Waals surface area contributed by atoms with Gasteiger partial charge in [0.25, 0.3) is 0 Å². The molecule has 0 unspecified atom stereocenters. The molecule has 96 valence electrons. The minimum absolute atomic E-state index is 0.0264. The third-order valence-electron chi connectivity index (χ3n) is 2.24. The Morgan fingerprint density at radius 3 is 2.50 bits per heavy atom. The Hall–Kier alpha value is -1.20. The smallest absolute Gasteiger partial charge is 0.340 e. The van der Waals surface area contributed by atoms with Gasteiger partial charge in [-0.2, -0.15) is 0 Å². The van der Waals surface area contributed by atoms with Crippen LogP contribution in [0.5, 0.6) is 0 Å². The molecule has 2 aromatic rings. The number of carbonyl (C=O) groups is 2. The number of rotatable bonds is 2. The standard InChI is InChI=1S/C13H14O3S2/c1-7(14)10-5-8-9(6-17-12(8)18-10)11(15)16-13(2,3)4/h5-6H,1-4H3. The van der Waals surface area contributed by atoms with Gasteiger partial charge in [-0.05, 0) is 33.8 Å². The van der Waals surface area contributed by atoms with E-state index in [0.29, 0.717) is 10.4 Å². The third-order valence-corrected chi connectivity index (χ3v) is 4.59. The summed E-state index contributed by atoms with van der Waals surface area (Å²) in [6.45, 7) is 7.04. The van der Waals surface area contributed by atoms with Crippen molar-refractivity contribution in [3.63, 3.8) is 0 Å². The van der Waals surface area contributed by atoms with Crippen molar-refractivity contribution < 1.29 is 14.3 Å². The fraction of sp³-hybridized carbons (Fsp3) is 0.385. The van der Waals surface area contributed by atoms with Gasteiger partial charge in [0.1, 0.15) is 5.60 Å². The molecule has 0 N–H and O–H groups in total. The maximum atomic E-state index is 12.0. The number of hydrogen-bond acceptors (Lipinski definition) is 5. The summed E-state index contributed by atoms with van der Waals surface area (Å²) in [5.41, 5.74) is 0.0405. The van der Waals surface area contributed by atoms with Crippen molar-refractivity contribution in [2.75, 3.05) is 0 Å². The van der Waals surface area contributed by atoms with E-state index >= 15 is 0 Å². The topological polar surface area (TPSA) is 43.4 Å². The van der Waals surface area contributed by atoms with E-state index in [1.165, 1.54) is 29.6 Å². The van der Waals surface area contributed by atoms with Gasteiger partial charge in [0.05, 0.1) is 14.5 Å². The minimum Gasteiger partial charge on any atom is -0.456 e. The summed E-state index contributed by atoms with van der Waals surface area (Å²) in [5, 5.41) is 2.61. The van der Waals surface area contributed by atoms with Gasteiger partial charge in [0.2, 0.25) is 0 Å². The van der Waals surface area contributed by atoms with E-state index in [1.54, 1.807) is 11.4 Å². The average Bonchev–Trinajstić information content (AvgIpc) is 2.71. The quantitative estimate of drug-likeness (QED) is 0.614. The maximum absolute atomic E-state index is 12.0. The molecule has 0 radical (unpaired) electrons. The molecular weight excluding hydrogens is 268 g/mol. The first kappa shape index (κ1) is 13.2. The van der Waals surface area contributed by atoms with Gasteiger partial charge in [-0.15, -0.1) is 22.7 Å². The molecule has 0 saturated carbocycles. The van der Waals surface area contributed by atoms with Gasteiger partial charge in [-0.1, -0.05) is 0 Å². The molecular formula is C13H14O3S2. The fourth-order valence-electron chi connectivity index (χ4n) is 1.49. The van der Waals surface area contributed by atoms with Gasteiger partial charge in [-0.25, -0.2) is 4.79 Å². The molecule has 0 spiro atoms. The predicted molar refractivity (Wildman–Crippen MR) is 74.9 cm³/mol. The second-order valence-corrected chi connectivity index (χ2v) is 7.21. The minimum atomic E-state index is -0.509. The van der Waals surface area contributed by atoms with Gasteiger partial charge >= 0.3 is 5.97 Å². The molecule has 3 nitrogen and oxygen atoms in total. The van der Waals surface area contributed by atoms with Gasteiger partial charge in [0, 0.05) is 10.8 Å². The summed E-state index contributed by atoms with van der Waals surface area (Å²) in [4.78, 5) is 24.0. The van der Waals surface area contributed by atoms with E-state index in [1.807, 2.05) is 20.8 Å². The second kappa shape index (κ2) is 4.48. The lowest BCUT2D eigenvalue weighted by molar-refractivity contribution is 0.00722. The number of Topliss-reactive ketones (excluding diaryl/α,β-unsaturated/α-hetero) is 1. The van der Waals surface area contributed by atoms with Crippen molar-refractivity contribution >= 4 is 43.8 Å². The zero-order valence-electron chi connectivity index (χ0n) is 10.7. The van der Waals surface area contributed by atoms with E-state index in [9.17, 15) is 9.59 Å². The Morgan fingerprint density at radius 1 is 1.28 bits per heavy atom. The molecule has 5 heteroatoms. The van der Waals surface area contributed by atoms with E-state index in [0.717, 1.165) is 9.40 Å². The predicted octanol–water partition coefficient (Wildman–Crippen LogP) is 4.12. The number of hydrogen-bond donors (Lipinski definition) is 0. The number of ketones is 1.